The SMILES string of the molecule is N#Cc1ccccc1Cn1c(N2CCCCC2)ncc(N2CCCC2)c1=O. The Labute approximate surface area is 159 Å². The van der Waals surface area contributed by atoms with E-state index < -0.39 is 0 Å². The third-order valence-corrected chi connectivity index (χ3v) is 5.56. The fourth-order valence-electron chi connectivity index (χ4n) is 4.07. The van der Waals surface area contributed by atoms with Gasteiger partial charge in [0.2, 0.25) is 5.95 Å². The van der Waals surface area contributed by atoms with Gasteiger partial charge >= 0.3 is 0 Å². The number of piperidine rings is 1. The monoisotopic (exact) mass is 363 g/mol. The molecule has 3 heterocycles. The minimum Gasteiger partial charge on any atom is -0.366 e. The molecule has 0 atom stereocenters. The molecule has 0 bridgehead atoms. The molecule has 0 saturated carbocycles. The summed E-state index contributed by atoms with van der Waals surface area (Å²) in [5.41, 5.74) is 2.16. The Kier molecular flexibility index (Phi) is 5.10. The van der Waals surface area contributed by atoms with Crippen LogP contribution in [0, 0.1) is 11.3 Å². The van der Waals surface area contributed by atoms with Crippen LogP contribution in [0.5, 0.6) is 0 Å². The molecule has 27 heavy (non-hydrogen) atoms. The molecule has 6 heteroatoms. The van der Waals surface area contributed by atoms with Gasteiger partial charge in [-0.25, -0.2) is 4.98 Å². The lowest BCUT2D eigenvalue weighted by molar-refractivity contribution is 0.551. The van der Waals surface area contributed by atoms with Gasteiger partial charge in [0, 0.05) is 26.2 Å². The highest BCUT2D eigenvalue weighted by atomic mass is 16.1. The van der Waals surface area contributed by atoms with Crippen molar-refractivity contribution in [2.75, 3.05) is 36.0 Å². The first-order valence-corrected chi connectivity index (χ1v) is 9.85. The molecule has 1 aromatic heterocycles. The van der Waals surface area contributed by atoms with Crippen LogP contribution in [-0.4, -0.2) is 35.7 Å². The maximum atomic E-state index is 13.4. The summed E-state index contributed by atoms with van der Waals surface area (Å²) in [6.07, 6.45) is 7.46. The summed E-state index contributed by atoms with van der Waals surface area (Å²) in [4.78, 5) is 22.5. The van der Waals surface area contributed by atoms with Crippen molar-refractivity contribution in [3.05, 3.63) is 51.9 Å². The molecular formula is C21H25N5O. The molecule has 0 unspecified atom stereocenters. The highest BCUT2D eigenvalue weighted by Gasteiger charge is 2.23. The summed E-state index contributed by atoms with van der Waals surface area (Å²) in [6.45, 7) is 4.05. The zero-order valence-corrected chi connectivity index (χ0v) is 15.6. The number of benzene rings is 1. The maximum absolute atomic E-state index is 13.4. The third-order valence-electron chi connectivity index (χ3n) is 5.56. The number of hydrogen-bond acceptors (Lipinski definition) is 5. The highest BCUT2D eigenvalue weighted by molar-refractivity contribution is 5.48. The van der Waals surface area contributed by atoms with Gasteiger partial charge in [0.05, 0.1) is 24.4 Å². The number of hydrogen-bond donors (Lipinski definition) is 0. The van der Waals surface area contributed by atoms with Crippen LogP contribution < -0.4 is 15.4 Å². The van der Waals surface area contributed by atoms with Crippen molar-refractivity contribution in [3.63, 3.8) is 0 Å². The van der Waals surface area contributed by atoms with Crippen molar-refractivity contribution >= 4 is 11.6 Å². The Bertz CT molecular complexity index is 902. The zero-order chi connectivity index (χ0) is 18.6. The molecule has 0 amide bonds. The van der Waals surface area contributed by atoms with Gasteiger partial charge < -0.3 is 9.80 Å². The highest BCUT2D eigenvalue weighted by Crippen LogP contribution is 2.22. The molecule has 2 saturated heterocycles. The molecule has 0 aliphatic carbocycles. The molecular weight excluding hydrogens is 338 g/mol. The van der Waals surface area contributed by atoms with Crippen LogP contribution in [0.3, 0.4) is 0 Å². The summed E-state index contributed by atoms with van der Waals surface area (Å²) in [7, 11) is 0. The first kappa shape index (κ1) is 17.6. The number of rotatable bonds is 4. The first-order valence-electron chi connectivity index (χ1n) is 9.85. The molecule has 0 spiro atoms. The Hall–Kier alpha value is -2.81. The van der Waals surface area contributed by atoms with Crippen molar-refractivity contribution in [2.24, 2.45) is 0 Å². The molecule has 2 aliphatic rings. The number of aromatic nitrogens is 2. The van der Waals surface area contributed by atoms with E-state index in [-0.39, 0.29) is 5.56 Å². The van der Waals surface area contributed by atoms with E-state index in [9.17, 15) is 10.1 Å². The van der Waals surface area contributed by atoms with E-state index in [2.05, 4.69) is 15.9 Å². The van der Waals surface area contributed by atoms with Crippen molar-refractivity contribution in [1.82, 2.24) is 9.55 Å². The fourth-order valence-corrected chi connectivity index (χ4v) is 4.07. The van der Waals surface area contributed by atoms with E-state index >= 15 is 0 Å². The summed E-state index contributed by atoms with van der Waals surface area (Å²) in [5, 5.41) is 9.44. The van der Waals surface area contributed by atoms with Crippen molar-refractivity contribution in [3.8, 4) is 6.07 Å². The molecule has 2 aliphatic heterocycles. The summed E-state index contributed by atoms with van der Waals surface area (Å²) >= 11 is 0. The van der Waals surface area contributed by atoms with Gasteiger partial charge in [-0.3, -0.25) is 9.36 Å². The first-order chi connectivity index (χ1) is 13.3. The Morgan fingerprint density at radius 3 is 2.37 bits per heavy atom. The van der Waals surface area contributed by atoms with E-state index in [1.165, 1.54) is 6.42 Å². The number of anilines is 2. The quantitative estimate of drug-likeness (QED) is 0.836. The van der Waals surface area contributed by atoms with Crippen LogP contribution in [0.15, 0.2) is 35.3 Å². The topological polar surface area (TPSA) is 65.2 Å². The second-order valence-electron chi connectivity index (χ2n) is 7.35. The lowest BCUT2D eigenvalue weighted by atomic mass is 10.1. The Balaban J connectivity index is 1.78. The second kappa shape index (κ2) is 7.83. The van der Waals surface area contributed by atoms with Crippen molar-refractivity contribution < 1.29 is 0 Å². The minimum absolute atomic E-state index is 0.000200. The minimum atomic E-state index is 0.000200. The average Bonchev–Trinajstić information content (AvgIpc) is 3.25. The van der Waals surface area contributed by atoms with Crippen LogP contribution >= 0.6 is 0 Å². The maximum Gasteiger partial charge on any atom is 0.278 e. The smallest absolute Gasteiger partial charge is 0.278 e. The lowest BCUT2D eigenvalue weighted by Crippen LogP contribution is -2.38. The number of nitrogens with zero attached hydrogens (tertiary/aromatic N) is 5. The van der Waals surface area contributed by atoms with Crippen molar-refractivity contribution in [1.29, 1.82) is 5.26 Å². The third kappa shape index (κ3) is 3.55. The van der Waals surface area contributed by atoms with E-state index in [1.54, 1.807) is 16.8 Å². The van der Waals surface area contributed by atoms with Crippen LogP contribution in [-0.2, 0) is 6.54 Å². The molecule has 2 aromatic rings. The van der Waals surface area contributed by atoms with Gasteiger partial charge in [0.1, 0.15) is 5.69 Å². The van der Waals surface area contributed by atoms with Gasteiger partial charge in [0.25, 0.3) is 5.56 Å². The molecule has 0 N–H and O–H groups in total. The Morgan fingerprint density at radius 2 is 1.63 bits per heavy atom. The molecule has 6 nitrogen and oxygen atoms in total. The summed E-state index contributed by atoms with van der Waals surface area (Å²) in [5.74, 6) is 0.732. The van der Waals surface area contributed by atoms with Crippen LogP contribution in [0.2, 0.25) is 0 Å². The van der Waals surface area contributed by atoms with Gasteiger partial charge in [-0.05, 0) is 43.7 Å². The standard InChI is InChI=1S/C21H25N5O/c22-14-17-8-2-3-9-18(17)16-26-20(27)19(24-10-6-7-11-24)15-23-21(26)25-12-4-1-5-13-25/h2-3,8-9,15H,1,4-7,10-13,16H2. The molecule has 2 fully saturated rings. The van der Waals surface area contributed by atoms with Crippen LogP contribution in [0.4, 0.5) is 11.6 Å². The second-order valence-corrected chi connectivity index (χ2v) is 7.35. The van der Waals surface area contributed by atoms with E-state index in [1.807, 2.05) is 18.2 Å². The van der Waals surface area contributed by atoms with Crippen LogP contribution in [0.25, 0.3) is 0 Å². The van der Waals surface area contributed by atoms with E-state index in [0.717, 1.165) is 63.4 Å². The van der Waals surface area contributed by atoms with Gasteiger partial charge in [0.15, 0.2) is 0 Å². The fraction of sp³-hybridized carbons (Fsp3) is 0.476. The van der Waals surface area contributed by atoms with E-state index in [0.29, 0.717) is 17.8 Å². The average molecular weight is 363 g/mol. The summed E-state index contributed by atoms with van der Waals surface area (Å²) < 4.78 is 1.77. The van der Waals surface area contributed by atoms with Gasteiger partial charge in [-0.2, -0.15) is 5.26 Å². The molecule has 140 valence electrons. The molecule has 1 aromatic carbocycles. The predicted molar refractivity (Wildman–Crippen MR) is 106 cm³/mol. The van der Waals surface area contributed by atoms with Crippen molar-refractivity contribution in [2.45, 2.75) is 38.6 Å². The summed E-state index contributed by atoms with van der Waals surface area (Å²) in [6, 6.07) is 9.75. The molecule has 0 radical (unpaired) electrons. The lowest BCUT2D eigenvalue weighted by Gasteiger charge is -2.30. The Morgan fingerprint density at radius 1 is 0.963 bits per heavy atom. The van der Waals surface area contributed by atoms with Crippen LogP contribution in [0.1, 0.15) is 43.2 Å². The largest absolute Gasteiger partial charge is 0.366 e. The van der Waals surface area contributed by atoms with Gasteiger partial charge in [-0.15, -0.1) is 0 Å². The number of nitriles is 1. The zero-order valence-electron chi connectivity index (χ0n) is 15.6. The van der Waals surface area contributed by atoms with Gasteiger partial charge in [-0.1, -0.05) is 18.2 Å². The normalized spacial score (nSPS) is 17.1. The predicted octanol–water partition coefficient (Wildman–Crippen LogP) is 2.75. The molecule has 4 rings (SSSR count). The van der Waals surface area contributed by atoms with E-state index in [4.69, 9.17) is 4.98 Å².